The molecular formula is C22H21FN2O2S. The first kappa shape index (κ1) is 19.8. The van der Waals surface area contributed by atoms with Crippen molar-refractivity contribution in [1.82, 2.24) is 5.32 Å². The van der Waals surface area contributed by atoms with E-state index < -0.39 is 0 Å². The summed E-state index contributed by atoms with van der Waals surface area (Å²) in [5.41, 5.74) is 2.27. The second-order valence-electron chi connectivity index (χ2n) is 6.30. The summed E-state index contributed by atoms with van der Waals surface area (Å²) in [6.45, 7) is 2.72. The van der Waals surface area contributed by atoms with E-state index in [9.17, 15) is 14.0 Å². The number of hydrogen-bond donors (Lipinski definition) is 1. The number of anilines is 1. The first-order valence-corrected chi connectivity index (χ1v) is 9.90. The molecule has 1 aromatic heterocycles. The van der Waals surface area contributed by atoms with Crippen LogP contribution in [0.25, 0.3) is 0 Å². The first-order chi connectivity index (χ1) is 13.6. The highest BCUT2D eigenvalue weighted by atomic mass is 32.1. The average molecular weight is 396 g/mol. The molecule has 4 nitrogen and oxygen atoms in total. The van der Waals surface area contributed by atoms with Crippen LogP contribution in [0.2, 0.25) is 0 Å². The van der Waals surface area contributed by atoms with Gasteiger partial charge in [0.15, 0.2) is 0 Å². The van der Waals surface area contributed by atoms with Gasteiger partial charge < -0.3 is 10.2 Å². The maximum Gasteiger partial charge on any atom is 0.268 e. The summed E-state index contributed by atoms with van der Waals surface area (Å²) in [4.78, 5) is 27.0. The Morgan fingerprint density at radius 1 is 1.04 bits per heavy atom. The zero-order valence-electron chi connectivity index (χ0n) is 15.5. The van der Waals surface area contributed by atoms with Crippen molar-refractivity contribution < 1.29 is 14.0 Å². The molecule has 2 amide bonds. The van der Waals surface area contributed by atoms with Crippen LogP contribution in [0.15, 0.2) is 66.0 Å². The minimum absolute atomic E-state index is 0.0403. The number of rotatable bonds is 7. The predicted molar refractivity (Wildman–Crippen MR) is 110 cm³/mol. The van der Waals surface area contributed by atoms with E-state index >= 15 is 0 Å². The fourth-order valence-corrected chi connectivity index (χ4v) is 3.54. The first-order valence-electron chi connectivity index (χ1n) is 9.02. The Bertz CT molecular complexity index is 939. The van der Waals surface area contributed by atoms with Crippen LogP contribution in [0.3, 0.4) is 0 Å². The van der Waals surface area contributed by atoms with Gasteiger partial charge in [-0.05, 0) is 53.8 Å². The average Bonchev–Trinajstić information content (AvgIpc) is 3.21. The van der Waals surface area contributed by atoms with E-state index in [2.05, 4.69) is 5.32 Å². The molecule has 0 saturated carbocycles. The number of benzene rings is 2. The van der Waals surface area contributed by atoms with Gasteiger partial charge in [0, 0.05) is 12.2 Å². The largest absolute Gasteiger partial charge is 0.356 e. The van der Waals surface area contributed by atoms with E-state index in [1.807, 2.05) is 42.6 Å². The Morgan fingerprint density at radius 3 is 2.46 bits per heavy atom. The number of nitrogens with one attached hydrogen (secondary N) is 1. The van der Waals surface area contributed by atoms with Crippen molar-refractivity contribution in [2.24, 2.45) is 0 Å². The van der Waals surface area contributed by atoms with Crippen molar-refractivity contribution in [3.8, 4) is 0 Å². The molecule has 0 aliphatic carbocycles. The number of carbonyl (C=O) groups is 2. The van der Waals surface area contributed by atoms with E-state index in [1.54, 1.807) is 23.1 Å². The lowest BCUT2D eigenvalue weighted by Crippen LogP contribution is -2.30. The maximum absolute atomic E-state index is 13.6. The third kappa shape index (κ3) is 5.04. The monoisotopic (exact) mass is 396 g/mol. The lowest BCUT2D eigenvalue weighted by Gasteiger charge is -2.23. The SMILES string of the molecule is CCNC(=O)Cc1ccc(N(Cc2cccc(F)c2)C(=O)c2cccs2)cc1. The molecule has 1 heterocycles. The second-order valence-corrected chi connectivity index (χ2v) is 7.24. The number of halogens is 1. The molecule has 0 fully saturated rings. The van der Waals surface area contributed by atoms with E-state index in [4.69, 9.17) is 0 Å². The molecule has 0 aliphatic heterocycles. The number of thiophene rings is 1. The highest BCUT2D eigenvalue weighted by molar-refractivity contribution is 7.12. The predicted octanol–water partition coefficient (Wildman–Crippen LogP) is 4.41. The quantitative estimate of drug-likeness (QED) is 0.643. The van der Waals surface area contributed by atoms with E-state index in [0.717, 1.165) is 5.56 Å². The van der Waals surface area contributed by atoms with Gasteiger partial charge in [-0.1, -0.05) is 30.3 Å². The van der Waals surface area contributed by atoms with Gasteiger partial charge in [-0.2, -0.15) is 0 Å². The number of amides is 2. The lowest BCUT2D eigenvalue weighted by atomic mass is 10.1. The Balaban J connectivity index is 1.85. The molecule has 0 atom stereocenters. The standard InChI is InChI=1S/C22H21FN2O2S/c1-2-24-21(26)14-16-8-10-19(11-9-16)25(22(27)20-7-4-12-28-20)15-17-5-3-6-18(23)13-17/h3-13H,2,14-15H2,1H3,(H,24,26). The van der Waals surface area contributed by atoms with Crippen LogP contribution in [0.5, 0.6) is 0 Å². The molecule has 1 N–H and O–H groups in total. The van der Waals surface area contributed by atoms with E-state index in [1.165, 1.54) is 23.5 Å². The zero-order valence-corrected chi connectivity index (χ0v) is 16.3. The fraction of sp³-hybridized carbons (Fsp3) is 0.182. The highest BCUT2D eigenvalue weighted by Gasteiger charge is 2.19. The minimum atomic E-state index is -0.335. The van der Waals surface area contributed by atoms with Crippen molar-refractivity contribution in [1.29, 1.82) is 0 Å². The summed E-state index contributed by atoms with van der Waals surface area (Å²) in [5.74, 6) is -0.518. The highest BCUT2D eigenvalue weighted by Crippen LogP contribution is 2.23. The van der Waals surface area contributed by atoms with Gasteiger partial charge in [0.2, 0.25) is 5.91 Å². The number of hydrogen-bond acceptors (Lipinski definition) is 3. The Morgan fingerprint density at radius 2 is 1.82 bits per heavy atom. The van der Waals surface area contributed by atoms with Crippen LogP contribution in [-0.2, 0) is 17.8 Å². The molecule has 144 valence electrons. The van der Waals surface area contributed by atoms with Gasteiger partial charge in [0.1, 0.15) is 5.82 Å². The van der Waals surface area contributed by atoms with Crippen LogP contribution in [0.1, 0.15) is 27.7 Å². The topological polar surface area (TPSA) is 49.4 Å². The van der Waals surface area contributed by atoms with Gasteiger partial charge in [0.25, 0.3) is 5.91 Å². The van der Waals surface area contributed by atoms with Crippen molar-refractivity contribution >= 4 is 28.8 Å². The van der Waals surface area contributed by atoms with Crippen LogP contribution >= 0.6 is 11.3 Å². The minimum Gasteiger partial charge on any atom is -0.356 e. The molecule has 3 rings (SSSR count). The van der Waals surface area contributed by atoms with Crippen molar-refractivity contribution in [2.75, 3.05) is 11.4 Å². The number of nitrogens with zero attached hydrogens (tertiary/aromatic N) is 1. The Kier molecular flexibility index (Phi) is 6.55. The molecule has 0 spiro atoms. The lowest BCUT2D eigenvalue weighted by molar-refractivity contribution is -0.120. The van der Waals surface area contributed by atoms with Gasteiger partial charge in [-0.3, -0.25) is 9.59 Å². The summed E-state index contributed by atoms with van der Waals surface area (Å²) >= 11 is 1.37. The molecule has 0 aliphatic rings. The molecule has 2 aromatic carbocycles. The fourth-order valence-electron chi connectivity index (χ4n) is 2.87. The van der Waals surface area contributed by atoms with Crippen molar-refractivity contribution in [2.45, 2.75) is 19.9 Å². The third-order valence-corrected chi connectivity index (χ3v) is 5.05. The molecule has 0 saturated heterocycles. The summed E-state index contributed by atoms with van der Waals surface area (Å²) < 4.78 is 13.6. The summed E-state index contributed by atoms with van der Waals surface area (Å²) in [6.07, 6.45) is 0.289. The smallest absolute Gasteiger partial charge is 0.268 e. The van der Waals surface area contributed by atoms with Crippen LogP contribution < -0.4 is 10.2 Å². The molecule has 0 bridgehead atoms. The zero-order chi connectivity index (χ0) is 19.9. The second kappa shape index (κ2) is 9.28. The van der Waals surface area contributed by atoms with Gasteiger partial charge in [-0.25, -0.2) is 4.39 Å². The Labute approximate surface area is 167 Å². The van der Waals surface area contributed by atoms with E-state index in [-0.39, 0.29) is 30.6 Å². The van der Waals surface area contributed by atoms with Gasteiger partial charge in [0.05, 0.1) is 17.8 Å². The molecule has 6 heteroatoms. The molecule has 3 aromatic rings. The van der Waals surface area contributed by atoms with Crippen LogP contribution in [0.4, 0.5) is 10.1 Å². The van der Waals surface area contributed by atoms with E-state index in [0.29, 0.717) is 22.7 Å². The van der Waals surface area contributed by atoms with Crippen molar-refractivity contribution in [3.63, 3.8) is 0 Å². The van der Waals surface area contributed by atoms with Gasteiger partial charge in [-0.15, -0.1) is 11.3 Å². The van der Waals surface area contributed by atoms with Crippen molar-refractivity contribution in [3.05, 3.63) is 87.9 Å². The van der Waals surface area contributed by atoms with Crippen LogP contribution in [0, 0.1) is 5.82 Å². The van der Waals surface area contributed by atoms with Gasteiger partial charge >= 0.3 is 0 Å². The maximum atomic E-state index is 13.6. The number of likely N-dealkylation sites (N-methyl/N-ethyl adjacent to an activating group) is 1. The molecule has 28 heavy (non-hydrogen) atoms. The molecule has 0 radical (unpaired) electrons. The normalized spacial score (nSPS) is 10.5. The molecule has 0 unspecified atom stereocenters. The summed E-state index contributed by atoms with van der Waals surface area (Å²) in [5, 5.41) is 4.62. The summed E-state index contributed by atoms with van der Waals surface area (Å²) in [6, 6.07) is 17.1. The van der Waals surface area contributed by atoms with Crippen LogP contribution in [-0.4, -0.2) is 18.4 Å². The molecular weight excluding hydrogens is 375 g/mol. The summed E-state index contributed by atoms with van der Waals surface area (Å²) in [7, 11) is 0. The number of carbonyl (C=O) groups excluding carboxylic acids is 2. The Hall–Kier alpha value is -2.99. The third-order valence-electron chi connectivity index (χ3n) is 4.19.